The van der Waals surface area contributed by atoms with Crippen molar-refractivity contribution in [2.24, 2.45) is 17.8 Å². The van der Waals surface area contributed by atoms with Crippen molar-refractivity contribution in [2.45, 2.75) is 25.6 Å². The van der Waals surface area contributed by atoms with Crippen molar-refractivity contribution in [3.63, 3.8) is 0 Å². The van der Waals surface area contributed by atoms with Gasteiger partial charge in [-0.15, -0.1) is 0 Å². The van der Waals surface area contributed by atoms with Crippen LogP contribution in [0.2, 0.25) is 0 Å². The average Bonchev–Trinajstić information content (AvgIpc) is 3.29. The lowest BCUT2D eigenvalue weighted by Gasteiger charge is -2.22. The molecule has 2 aromatic heterocycles. The van der Waals surface area contributed by atoms with E-state index < -0.39 is 47.2 Å². The molecule has 5 rings (SSSR count). The molecule has 12 heteroatoms. The molecule has 2 fully saturated rings. The van der Waals surface area contributed by atoms with E-state index in [4.69, 9.17) is 4.74 Å². The van der Waals surface area contributed by atoms with Gasteiger partial charge in [0.25, 0.3) is 5.91 Å². The molecule has 1 saturated carbocycles. The number of anilines is 1. The number of hydrogen-bond acceptors (Lipinski definition) is 5. The van der Waals surface area contributed by atoms with Crippen molar-refractivity contribution in [1.29, 1.82) is 0 Å². The van der Waals surface area contributed by atoms with Gasteiger partial charge in [0.2, 0.25) is 5.43 Å². The lowest BCUT2D eigenvalue weighted by atomic mass is 10.1. The zero-order valence-corrected chi connectivity index (χ0v) is 20.6. The molecule has 1 saturated heterocycles. The maximum absolute atomic E-state index is 14.9. The van der Waals surface area contributed by atoms with Gasteiger partial charge < -0.3 is 15.0 Å². The Morgan fingerprint density at radius 2 is 1.89 bits per heavy atom. The van der Waals surface area contributed by atoms with Crippen LogP contribution in [-0.4, -0.2) is 54.5 Å². The molecule has 0 spiro atoms. The summed E-state index contributed by atoms with van der Waals surface area (Å²) in [4.78, 5) is 32.7. The van der Waals surface area contributed by atoms with Gasteiger partial charge in [-0.2, -0.15) is 13.2 Å². The van der Waals surface area contributed by atoms with Crippen molar-refractivity contribution in [3.8, 4) is 5.69 Å². The monoisotopic (exact) mass is 536 g/mol. The number of ether oxygens (including phenoxy) is 1. The minimum absolute atomic E-state index is 0.00793. The van der Waals surface area contributed by atoms with Crippen LogP contribution in [0.3, 0.4) is 0 Å². The number of amides is 1. The molecule has 1 aliphatic heterocycles. The molecule has 4 atom stereocenters. The van der Waals surface area contributed by atoms with E-state index in [1.54, 1.807) is 13.2 Å². The van der Waals surface area contributed by atoms with Gasteiger partial charge in [0.1, 0.15) is 29.1 Å². The summed E-state index contributed by atoms with van der Waals surface area (Å²) in [6.45, 7) is 3.37. The third-order valence-corrected chi connectivity index (χ3v) is 7.41. The van der Waals surface area contributed by atoms with Crippen LogP contribution in [0.25, 0.3) is 16.7 Å². The Labute approximate surface area is 214 Å². The molecule has 202 valence electrons. The summed E-state index contributed by atoms with van der Waals surface area (Å²) in [5, 5.41) is 1.75. The lowest BCUT2D eigenvalue weighted by Crippen LogP contribution is -2.46. The van der Waals surface area contributed by atoms with E-state index in [0.717, 1.165) is 36.0 Å². The first-order chi connectivity index (χ1) is 18.0. The van der Waals surface area contributed by atoms with Crippen molar-refractivity contribution < 1.29 is 31.5 Å². The molecule has 1 unspecified atom stereocenters. The molecule has 2 aliphatic rings. The second kappa shape index (κ2) is 9.64. The summed E-state index contributed by atoms with van der Waals surface area (Å²) in [7, 11) is 1.66. The predicted molar refractivity (Wildman–Crippen MR) is 129 cm³/mol. The molecule has 3 heterocycles. The smallest absolute Gasteiger partial charge is 0.384 e. The van der Waals surface area contributed by atoms with E-state index in [1.165, 1.54) is 13.0 Å². The zero-order valence-electron chi connectivity index (χ0n) is 20.6. The Bertz CT molecular complexity index is 1450. The third-order valence-electron chi connectivity index (χ3n) is 7.41. The highest BCUT2D eigenvalue weighted by Gasteiger charge is 2.55. The minimum atomic E-state index is -4.72. The van der Waals surface area contributed by atoms with Crippen LogP contribution in [0.5, 0.6) is 0 Å². The molecule has 1 aliphatic carbocycles. The quantitative estimate of drug-likeness (QED) is 0.461. The van der Waals surface area contributed by atoms with Crippen molar-refractivity contribution >= 4 is 22.8 Å². The lowest BCUT2D eigenvalue weighted by molar-refractivity contribution is -0.153. The Kier molecular flexibility index (Phi) is 6.62. The summed E-state index contributed by atoms with van der Waals surface area (Å²) >= 11 is 0. The fourth-order valence-electron chi connectivity index (χ4n) is 5.32. The first kappa shape index (κ1) is 26.1. The number of methoxy groups -OCH3 is 1. The molecule has 1 amide bonds. The number of nitrogens with zero attached hydrogens (tertiary/aromatic N) is 3. The molecule has 1 N–H and O–H groups in total. The van der Waals surface area contributed by atoms with Gasteiger partial charge in [0, 0.05) is 39.1 Å². The van der Waals surface area contributed by atoms with E-state index >= 15 is 0 Å². The summed E-state index contributed by atoms with van der Waals surface area (Å²) in [5.41, 5.74) is -1.70. The molecule has 1 aromatic carbocycles. The van der Waals surface area contributed by atoms with Gasteiger partial charge in [0.15, 0.2) is 5.65 Å². The van der Waals surface area contributed by atoms with Crippen LogP contribution in [0.1, 0.15) is 23.7 Å². The SMILES string of the molecule is CC[C@@H](NC(=O)c1cn(-c2ccc(F)cc2F)c2nc(N3C[C@@H]4C(COC)[C@@H]4C3)ccc2c1=O)C(F)(F)F. The maximum Gasteiger partial charge on any atom is 0.408 e. The number of carbonyl (C=O) groups excluding carboxylic acids is 1. The van der Waals surface area contributed by atoms with Crippen LogP contribution in [0, 0.1) is 29.4 Å². The molecule has 38 heavy (non-hydrogen) atoms. The van der Waals surface area contributed by atoms with Gasteiger partial charge in [-0.25, -0.2) is 13.8 Å². The standard InChI is InChI=1S/C26H25F5N4O3/c1-3-21(26(29,30)31)32-25(37)17-11-35(20-6-4-13(27)8-19(20)28)24-14(23(17)36)5-7-22(33-24)34-9-15-16(10-34)18(15)12-38-2/h4-8,11,15-16,18,21H,3,9-10,12H2,1-2H3,(H,32,37)/t15-,16+,18?,21-/m1/s1. The number of carbonyl (C=O) groups is 1. The number of aromatic nitrogens is 2. The van der Waals surface area contributed by atoms with E-state index in [9.17, 15) is 31.5 Å². The van der Waals surface area contributed by atoms with Gasteiger partial charge in [-0.1, -0.05) is 6.92 Å². The molecule has 3 aromatic rings. The second-order valence-electron chi connectivity index (χ2n) is 9.71. The highest BCUT2D eigenvalue weighted by atomic mass is 19.4. The number of rotatable bonds is 7. The number of hydrogen-bond donors (Lipinski definition) is 1. The first-order valence-corrected chi connectivity index (χ1v) is 12.2. The summed E-state index contributed by atoms with van der Waals surface area (Å²) < 4.78 is 74.7. The Balaban J connectivity index is 1.59. The number of piperidine rings is 1. The number of fused-ring (bicyclic) bond motifs is 2. The van der Waals surface area contributed by atoms with Gasteiger partial charge in [0.05, 0.1) is 11.1 Å². The highest BCUT2D eigenvalue weighted by molar-refractivity contribution is 5.97. The Morgan fingerprint density at radius 3 is 2.50 bits per heavy atom. The molecular weight excluding hydrogens is 511 g/mol. The first-order valence-electron chi connectivity index (χ1n) is 12.2. The van der Waals surface area contributed by atoms with Crippen LogP contribution in [0.15, 0.2) is 41.3 Å². The van der Waals surface area contributed by atoms with Gasteiger partial charge in [-0.05, 0) is 48.4 Å². The Hall–Kier alpha value is -3.54. The van der Waals surface area contributed by atoms with Crippen LogP contribution in [0.4, 0.5) is 27.8 Å². The average molecular weight is 537 g/mol. The second-order valence-corrected chi connectivity index (χ2v) is 9.71. The summed E-state index contributed by atoms with van der Waals surface area (Å²) in [6, 6.07) is 3.57. The van der Waals surface area contributed by atoms with Crippen LogP contribution < -0.4 is 15.6 Å². The number of halogens is 5. The van der Waals surface area contributed by atoms with E-state index in [-0.39, 0.29) is 16.7 Å². The normalized spacial score (nSPS) is 21.4. The largest absolute Gasteiger partial charge is 0.408 e. The van der Waals surface area contributed by atoms with Crippen molar-refractivity contribution in [2.75, 3.05) is 31.7 Å². The molecule has 7 nitrogen and oxygen atoms in total. The molecular formula is C26H25F5N4O3. The number of alkyl halides is 3. The fourth-order valence-corrected chi connectivity index (χ4v) is 5.32. The number of pyridine rings is 2. The van der Waals surface area contributed by atoms with E-state index in [2.05, 4.69) is 4.98 Å². The Morgan fingerprint density at radius 1 is 1.18 bits per heavy atom. The molecule has 0 bridgehead atoms. The topological polar surface area (TPSA) is 76.5 Å². The van der Waals surface area contributed by atoms with Crippen molar-refractivity contribution in [1.82, 2.24) is 14.9 Å². The molecule has 0 radical (unpaired) electrons. The zero-order chi connectivity index (χ0) is 27.4. The minimum Gasteiger partial charge on any atom is -0.384 e. The number of benzene rings is 1. The fraction of sp³-hybridized carbons (Fsp3) is 0.423. The summed E-state index contributed by atoms with van der Waals surface area (Å²) in [6.07, 6.45) is -4.22. The van der Waals surface area contributed by atoms with Crippen LogP contribution in [-0.2, 0) is 4.74 Å². The maximum atomic E-state index is 14.9. The van der Waals surface area contributed by atoms with E-state index in [1.807, 2.05) is 10.2 Å². The predicted octanol–water partition coefficient (Wildman–Crippen LogP) is 4.06. The van der Waals surface area contributed by atoms with E-state index in [0.29, 0.717) is 36.2 Å². The van der Waals surface area contributed by atoms with Gasteiger partial charge >= 0.3 is 6.18 Å². The number of nitrogens with one attached hydrogen (secondary N) is 1. The highest BCUT2D eigenvalue weighted by Crippen LogP contribution is 2.52. The third kappa shape index (κ3) is 4.61. The summed E-state index contributed by atoms with van der Waals surface area (Å²) in [5.74, 6) is -1.19. The van der Waals surface area contributed by atoms with Crippen molar-refractivity contribution in [3.05, 3.63) is 63.9 Å². The van der Waals surface area contributed by atoms with Crippen LogP contribution >= 0.6 is 0 Å². The van der Waals surface area contributed by atoms with Gasteiger partial charge in [-0.3, -0.25) is 14.2 Å².